The van der Waals surface area contributed by atoms with Crippen molar-refractivity contribution in [2.24, 2.45) is 5.41 Å². The molecule has 0 spiro atoms. The second-order valence-corrected chi connectivity index (χ2v) is 9.79. The molecule has 0 saturated carbocycles. The lowest BCUT2D eigenvalue weighted by molar-refractivity contribution is 0.00504. The van der Waals surface area contributed by atoms with E-state index in [1.54, 1.807) is 0 Å². The van der Waals surface area contributed by atoms with E-state index in [-0.39, 0.29) is 11.0 Å². The van der Waals surface area contributed by atoms with E-state index in [0.29, 0.717) is 25.0 Å². The summed E-state index contributed by atoms with van der Waals surface area (Å²) in [5.41, 5.74) is 3.74. The average Bonchev–Trinajstić information content (AvgIpc) is 2.83. The molecular weight excluding hydrogens is 405 g/mol. The Hall–Kier alpha value is -3.31. The monoisotopic (exact) mass is 435 g/mol. The van der Waals surface area contributed by atoms with Gasteiger partial charge in [-0.15, -0.1) is 0 Å². The van der Waals surface area contributed by atoms with Crippen LogP contribution in [0.3, 0.4) is 0 Å². The van der Waals surface area contributed by atoms with Gasteiger partial charge in [0.15, 0.2) is 17.5 Å². The van der Waals surface area contributed by atoms with Gasteiger partial charge in [-0.25, -0.2) is 15.0 Å². The Morgan fingerprint density at radius 3 is 1.52 bits per heavy atom. The summed E-state index contributed by atoms with van der Waals surface area (Å²) in [6, 6.07) is 28.3. The van der Waals surface area contributed by atoms with E-state index < -0.39 is 0 Å². The van der Waals surface area contributed by atoms with Crippen LogP contribution in [0.5, 0.6) is 0 Å². The highest BCUT2D eigenvalue weighted by Gasteiger charge is 2.33. The first-order valence-corrected chi connectivity index (χ1v) is 11.3. The normalized spacial score (nSPS) is 11.9. The lowest BCUT2D eigenvalue weighted by Crippen LogP contribution is -2.42. The number of hydrogen-bond acceptors (Lipinski definition) is 4. The first-order chi connectivity index (χ1) is 15.7. The molecule has 0 N–H and O–H groups in total. The molecule has 1 aromatic heterocycles. The quantitative estimate of drug-likeness (QED) is 0.365. The summed E-state index contributed by atoms with van der Waals surface area (Å²) in [5, 5.41) is 0. The van der Waals surface area contributed by atoms with Crippen molar-refractivity contribution in [3.05, 3.63) is 84.9 Å². The van der Waals surface area contributed by atoms with Gasteiger partial charge in [0.1, 0.15) is 0 Å². The van der Waals surface area contributed by atoms with Crippen molar-refractivity contribution in [2.75, 3.05) is 0 Å². The van der Waals surface area contributed by atoms with Crippen LogP contribution in [0, 0.1) is 5.41 Å². The van der Waals surface area contributed by atoms with Gasteiger partial charge >= 0.3 is 7.48 Å². The molecular formula is C28H30BN3O. The van der Waals surface area contributed by atoms with Gasteiger partial charge < -0.3 is 4.65 Å². The molecule has 0 amide bonds. The number of nitrogens with zero attached hydrogens (tertiary/aromatic N) is 3. The van der Waals surface area contributed by atoms with Gasteiger partial charge in [-0.05, 0) is 19.3 Å². The van der Waals surface area contributed by atoms with Crippen LogP contribution in [0.2, 0.25) is 0 Å². The molecule has 166 valence electrons. The van der Waals surface area contributed by atoms with Crippen molar-refractivity contribution >= 4 is 12.9 Å². The molecule has 0 bridgehead atoms. The van der Waals surface area contributed by atoms with Gasteiger partial charge in [0.05, 0.1) is 5.60 Å². The van der Waals surface area contributed by atoms with E-state index in [4.69, 9.17) is 19.6 Å². The van der Waals surface area contributed by atoms with Gasteiger partial charge in [-0.1, -0.05) is 111 Å². The fourth-order valence-electron chi connectivity index (χ4n) is 3.22. The van der Waals surface area contributed by atoms with Crippen molar-refractivity contribution in [1.29, 1.82) is 0 Å². The number of rotatable bonds is 6. The van der Waals surface area contributed by atoms with E-state index in [1.807, 2.05) is 72.8 Å². The third-order valence-electron chi connectivity index (χ3n) is 6.29. The van der Waals surface area contributed by atoms with Crippen LogP contribution in [0.15, 0.2) is 84.9 Å². The second-order valence-electron chi connectivity index (χ2n) is 9.79. The minimum atomic E-state index is -0.253. The molecule has 0 aliphatic rings. The molecule has 1 heterocycles. The van der Waals surface area contributed by atoms with E-state index in [1.165, 1.54) is 0 Å². The predicted molar refractivity (Wildman–Crippen MR) is 138 cm³/mol. The van der Waals surface area contributed by atoms with Crippen molar-refractivity contribution in [3.63, 3.8) is 0 Å². The largest absolute Gasteiger partial charge is 0.429 e. The van der Waals surface area contributed by atoms with E-state index in [2.05, 4.69) is 46.8 Å². The average molecular weight is 435 g/mol. The lowest BCUT2D eigenvalue weighted by Gasteiger charge is -2.39. The maximum absolute atomic E-state index is 6.30. The molecule has 0 unspecified atom stereocenters. The highest BCUT2D eigenvalue weighted by atomic mass is 16.5. The van der Waals surface area contributed by atoms with Gasteiger partial charge in [-0.2, -0.15) is 0 Å². The maximum atomic E-state index is 6.30. The third-order valence-corrected chi connectivity index (χ3v) is 6.29. The summed E-state index contributed by atoms with van der Waals surface area (Å²) < 4.78 is 6.30. The minimum Gasteiger partial charge on any atom is -0.429 e. The number of aromatic nitrogens is 3. The molecule has 0 radical (unpaired) electrons. The van der Waals surface area contributed by atoms with Crippen LogP contribution in [0.1, 0.15) is 34.6 Å². The van der Waals surface area contributed by atoms with Crippen LogP contribution in [0.4, 0.5) is 0 Å². The molecule has 0 aliphatic heterocycles. The Kier molecular flexibility index (Phi) is 6.43. The fraction of sp³-hybridized carbons (Fsp3) is 0.250. The zero-order valence-corrected chi connectivity index (χ0v) is 20.0. The molecule has 5 heteroatoms. The standard InChI is InChI=1S/C28H30BN3O/c1-27(2,3)28(4,5)33-29-23-18-12-17-22(19-23)26-31-24(20-13-8-6-9-14-20)30-25(32-26)21-15-10-7-11-16-21/h6-19,29H,1-5H3. The van der Waals surface area contributed by atoms with E-state index in [9.17, 15) is 0 Å². The van der Waals surface area contributed by atoms with E-state index in [0.717, 1.165) is 22.2 Å². The highest BCUT2D eigenvalue weighted by molar-refractivity contribution is 6.47. The smallest absolute Gasteiger partial charge is 0.309 e. The van der Waals surface area contributed by atoms with Crippen molar-refractivity contribution < 1.29 is 4.65 Å². The van der Waals surface area contributed by atoms with Crippen LogP contribution in [-0.4, -0.2) is 28.0 Å². The minimum absolute atomic E-state index is 0.0357. The molecule has 0 saturated heterocycles. The second kappa shape index (κ2) is 9.28. The summed E-state index contributed by atoms with van der Waals surface area (Å²) >= 11 is 0. The third kappa shape index (κ3) is 5.37. The Bertz CT molecular complexity index is 1160. The number of benzene rings is 3. The first kappa shape index (κ1) is 22.9. The first-order valence-electron chi connectivity index (χ1n) is 11.3. The molecule has 0 atom stereocenters. The van der Waals surface area contributed by atoms with Crippen molar-refractivity contribution in [2.45, 2.75) is 40.2 Å². The molecule has 4 rings (SSSR count). The Balaban J connectivity index is 1.72. The summed E-state index contributed by atoms with van der Waals surface area (Å²) in [5.74, 6) is 1.98. The molecule has 0 aliphatic carbocycles. The van der Waals surface area contributed by atoms with E-state index >= 15 is 0 Å². The SMILES string of the molecule is CC(C)(C)C(C)(C)OBc1cccc(-c2nc(-c3ccccc3)nc(-c3ccccc3)n2)c1. The molecule has 4 nitrogen and oxygen atoms in total. The Morgan fingerprint density at radius 1 is 0.576 bits per heavy atom. The topological polar surface area (TPSA) is 47.9 Å². The van der Waals surface area contributed by atoms with Crippen LogP contribution < -0.4 is 5.46 Å². The van der Waals surface area contributed by atoms with Crippen LogP contribution in [0.25, 0.3) is 34.2 Å². The van der Waals surface area contributed by atoms with Crippen molar-refractivity contribution in [1.82, 2.24) is 15.0 Å². The van der Waals surface area contributed by atoms with Gasteiger partial charge in [0, 0.05) is 16.7 Å². The molecule has 3 aromatic carbocycles. The summed E-state index contributed by atoms with van der Waals surface area (Å²) in [6.07, 6.45) is 0. The molecule has 33 heavy (non-hydrogen) atoms. The van der Waals surface area contributed by atoms with Crippen LogP contribution >= 0.6 is 0 Å². The van der Waals surface area contributed by atoms with Gasteiger partial charge in [-0.3, -0.25) is 0 Å². The fourth-order valence-corrected chi connectivity index (χ4v) is 3.22. The zero-order valence-electron chi connectivity index (χ0n) is 20.0. The predicted octanol–water partition coefficient (Wildman–Crippen LogP) is 5.69. The Morgan fingerprint density at radius 2 is 1.03 bits per heavy atom. The molecule has 0 fully saturated rings. The summed E-state index contributed by atoms with van der Waals surface area (Å²) in [6.45, 7) is 10.9. The van der Waals surface area contributed by atoms with Crippen molar-refractivity contribution in [3.8, 4) is 34.2 Å². The zero-order chi connectivity index (χ0) is 23.5. The Labute approximate surface area is 197 Å². The lowest BCUT2D eigenvalue weighted by atomic mass is 9.76. The van der Waals surface area contributed by atoms with Crippen LogP contribution in [-0.2, 0) is 4.65 Å². The van der Waals surface area contributed by atoms with Gasteiger partial charge in [0.25, 0.3) is 0 Å². The summed E-state index contributed by atoms with van der Waals surface area (Å²) in [4.78, 5) is 14.4. The number of hydrogen-bond donors (Lipinski definition) is 0. The maximum Gasteiger partial charge on any atom is 0.309 e. The molecule has 4 aromatic rings. The summed E-state index contributed by atoms with van der Waals surface area (Å²) in [7, 11) is 0.528. The highest BCUT2D eigenvalue weighted by Crippen LogP contribution is 2.32. The van der Waals surface area contributed by atoms with Gasteiger partial charge in [0.2, 0.25) is 0 Å².